The molecule has 2 aromatic carbocycles. The largest absolute Gasteiger partial charge is 0.481 e. The minimum absolute atomic E-state index is 0.185. The SMILES string of the molecule is CC[C@@H](CN1CCN(S(C)(=O)=O)CC1)N1C(=O)[C@@](C)(CC(=O)O)C[C@H](c2cccc(Cl)c2)[C@H]1c1ccc(Cl)cc1. The summed E-state index contributed by atoms with van der Waals surface area (Å²) in [5, 5.41) is 11.0. The van der Waals surface area contributed by atoms with E-state index in [2.05, 4.69) is 4.90 Å². The van der Waals surface area contributed by atoms with E-state index in [1.807, 2.05) is 54.3 Å². The summed E-state index contributed by atoms with van der Waals surface area (Å²) >= 11 is 12.7. The lowest BCUT2D eigenvalue weighted by Crippen LogP contribution is -2.59. The Balaban J connectivity index is 1.77. The summed E-state index contributed by atoms with van der Waals surface area (Å²) in [5.41, 5.74) is 0.739. The molecule has 218 valence electrons. The molecule has 4 atom stereocenters. The summed E-state index contributed by atoms with van der Waals surface area (Å²) < 4.78 is 25.5. The van der Waals surface area contributed by atoms with Gasteiger partial charge in [0, 0.05) is 54.7 Å². The van der Waals surface area contributed by atoms with E-state index < -0.39 is 21.4 Å². The van der Waals surface area contributed by atoms with Gasteiger partial charge in [0.05, 0.1) is 24.1 Å². The van der Waals surface area contributed by atoms with E-state index in [4.69, 9.17) is 23.2 Å². The Kier molecular flexibility index (Phi) is 9.52. The first-order chi connectivity index (χ1) is 18.8. The zero-order valence-electron chi connectivity index (χ0n) is 23.1. The monoisotopic (exact) mass is 609 g/mol. The third-order valence-electron chi connectivity index (χ3n) is 8.27. The maximum absolute atomic E-state index is 14.4. The number of piperidine rings is 1. The molecule has 0 spiro atoms. The van der Waals surface area contributed by atoms with Crippen LogP contribution < -0.4 is 0 Å². The van der Waals surface area contributed by atoms with E-state index in [-0.39, 0.29) is 30.3 Å². The van der Waals surface area contributed by atoms with Crippen molar-refractivity contribution in [2.75, 3.05) is 39.0 Å². The summed E-state index contributed by atoms with van der Waals surface area (Å²) in [7, 11) is -3.26. The van der Waals surface area contributed by atoms with Gasteiger partial charge in [0.15, 0.2) is 0 Å². The van der Waals surface area contributed by atoms with Crippen LogP contribution >= 0.6 is 23.2 Å². The second-order valence-corrected chi connectivity index (χ2v) is 14.1. The molecule has 40 heavy (non-hydrogen) atoms. The van der Waals surface area contributed by atoms with E-state index in [0.717, 1.165) is 11.1 Å². The van der Waals surface area contributed by atoms with E-state index in [9.17, 15) is 23.1 Å². The molecule has 2 fully saturated rings. The number of rotatable bonds is 9. The normalized spacial score (nSPS) is 25.6. The molecule has 0 aliphatic carbocycles. The smallest absolute Gasteiger partial charge is 0.304 e. The van der Waals surface area contributed by atoms with Gasteiger partial charge in [0.2, 0.25) is 15.9 Å². The van der Waals surface area contributed by atoms with Crippen molar-refractivity contribution in [2.45, 2.75) is 51.1 Å². The number of halogens is 2. The van der Waals surface area contributed by atoms with Gasteiger partial charge in [-0.25, -0.2) is 8.42 Å². The van der Waals surface area contributed by atoms with Crippen LogP contribution in [0.25, 0.3) is 0 Å². The molecule has 0 unspecified atom stereocenters. The summed E-state index contributed by atoms with van der Waals surface area (Å²) in [5.74, 6) is -1.41. The molecule has 2 aliphatic heterocycles. The number of hydrogen-bond donors (Lipinski definition) is 1. The molecule has 2 saturated heterocycles. The van der Waals surface area contributed by atoms with Crippen LogP contribution in [0.2, 0.25) is 10.0 Å². The second kappa shape index (κ2) is 12.4. The van der Waals surface area contributed by atoms with Gasteiger partial charge in [-0.05, 0) is 48.2 Å². The summed E-state index contributed by atoms with van der Waals surface area (Å²) in [6, 6.07) is 14.5. The van der Waals surface area contributed by atoms with Crippen LogP contribution in [0.3, 0.4) is 0 Å². The van der Waals surface area contributed by atoms with E-state index >= 15 is 0 Å². The molecular formula is C29H37Cl2N3O5S. The van der Waals surface area contributed by atoms with Crippen molar-refractivity contribution in [3.05, 3.63) is 69.7 Å². The number of nitrogens with zero attached hydrogens (tertiary/aromatic N) is 3. The number of sulfonamides is 1. The number of carboxylic acids is 1. The van der Waals surface area contributed by atoms with Crippen LogP contribution in [-0.2, 0) is 19.6 Å². The summed E-state index contributed by atoms with van der Waals surface area (Å²) in [4.78, 5) is 30.5. The lowest BCUT2D eigenvalue weighted by Gasteiger charge is -2.52. The number of likely N-dealkylation sites (tertiary alicyclic amines) is 1. The Labute approximate surface area is 246 Å². The molecule has 4 rings (SSSR count). The van der Waals surface area contributed by atoms with Crippen molar-refractivity contribution in [2.24, 2.45) is 5.41 Å². The number of piperazine rings is 1. The van der Waals surface area contributed by atoms with Gasteiger partial charge in [-0.15, -0.1) is 0 Å². The lowest BCUT2D eigenvalue weighted by molar-refractivity contribution is -0.161. The van der Waals surface area contributed by atoms with Gasteiger partial charge in [-0.2, -0.15) is 4.31 Å². The molecule has 0 saturated carbocycles. The number of carboxylic acid groups (broad SMARTS) is 1. The first kappa shape index (κ1) is 30.8. The molecule has 0 radical (unpaired) electrons. The van der Waals surface area contributed by atoms with E-state index in [1.54, 1.807) is 13.0 Å². The van der Waals surface area contributed by atoms with Crippen molar-refractivity contribution < 1.29 is 23.1 Å². The molecule has 2 aromatic rings. The van der Waals surface area contributed by atoms with Crippen molar-refractivity contribution >= 4 is 45.1 Å². The number of carbonyl (C=O) groups is 2. The standard InChI is InChI=1S/C29H37Cl2N3O5S/c1-4-24(19-32-12-14-33(15-13-32)40(3,38)39)34-27(20-8-10-22(30)11-9-20)25(21-6-5-7-23(31)16-21)17-29(2,28(34)37)18-26(35)36/h5-11,16,24-25,27H,4,12-15,17-19H2,1-3H3,(H,35,36)/t24-,25+,27+,29+/m0/s1. The van der Waals surface area contributed by atoms with Crippen LogP contribution in [0.15, 0.2) is 48.5 Å². The zero-order valence-corrected chi connectivity index (χ0v) is 25.4. The predicted octanol–water partition coefficient (Wildman–Crippen LogP) is 4.89. The van der Waals surface area contributed by atoms with Crippen LogP contribution in [0.1, 0.15) is 56.2 Å². The number of amides is 1. The average molecular weight is 611 g/mol. The van der Waals surface area contributed by atoms with Crippen LogP contribution in [0.4, 0.5) is 0 Å². The maximum atomic E-state index is 14.4. The Morgan fingerprint density at radius 1 is 1.05 bits per heavy atom. The van der Waals surface area contributed by atoms with E-state index in [0.29, 0.717) is 55.6 Å². The van der Waals surface area contributed by atoms with Crippen molar-refractivity contribution in [3.63, 3.8) is 0 Å². The minimum atomic E-state index is -3.26. The number of hydrogen-bond acceptors (Lipinski definition) is 5. The first-order valence-corrected chi connectivity index (χ1v) is 16.2. The quantitative estimate of drug-likeness (QED) is 0.435. The highest BCUT2D eigenvalue weighted by atomic mass is 35.5. The molecule has 11 heteroatoms. The highest BCUT2D eigenvalue weighted by Gasteiger charge is 2.52. The molecule has 1 amide bonds. The van der Waals surface area contributed by atoms with Gasteiger partial charge in [0.1, 0.15) is 0 Å². The second-order valence-electron chi connectivity index (χ2n) is 11.2. The zero-order chi connectivity index (χ0) is 29.2. The third-order valence-corrected chi connectivity index (χ3v) is 10.1. The van der Waals surface area contributed by atoms with Gasteiger partial charge in [-0.3, -0.25) is 14.5 Å². The molecule has 2 heterocycles. The average Bonchev–Trinajstić information content (AvgIpc) is 2.89. The Morgan fingerprint density at radius 3 is 2.25 bits per heavy atom. The highest BCUT2D eigenvalue weighted by molar-refractivity contribution is 7.88. The fraction of sp³-hybridized carbons (Fsp3) is 0.517. The predicted molar refractivity (Wildman–Crippen MR) is 157 cm³/mol. The van der Waals surface area contributed by atoms with Crippen molar-refractivity contribution in [1.82, 2.24) is 14.1 Å². The number of carbonyl (C=O) groups excluding carboxylic acids is 1. The topological polar surface area (TPSA) is 98.2 Å². The first-order valence-electron chi connectivity index (χ1n) is 13.6. The van der Waals surface area contributed by atoms with E-state index in [1.165, 1.54) is 10.6 Å². The molecule has 2 aliphatic rings. The van der Waals surface area contributed by atoms with Crippen LogP contribution in [0.5, 0.6) is 0 Å². The fourth-order valence-electron chi connectivity index (χ4n) is 6.24. The summed E-state index contributed by atoms with van der Waals surface area (Å²) in [6.07, 6.45) is 1.94. The Morgan fingerprint density at radius 2 is 1.70 bits per heavy atom. The Hall–Kier alpha value is -2.17. The molecular weight excluding hydrogens is 573 g/mol. The van der Waals surface area contributed by atoms with Gasteiger partial charge >= 0.3 is 5.97 Å². The van der Waals surface area contributed by atoms with Gasteiger partial charge in [0.25, 0.3) is 0 Å². The molecule has 0 aromatic heterocycles. The van der Waals surface area contributed by atoms with Gasteiger partial charge in [-0.1, -0.05) is 61.3 Å². The van der Waals surface area contributed by atoms with Crippen LogP contribution in [-0.4, -0.2) is 84.5 Å². The highest BCUT2D eigenvalue weighted by Crippen LogP contribution is 2.52. The van der Waals surface area contributed by atoms with Crippen molar-refractivity contribution in [3.8, 4) is 0 Å². The molecule has 1 N–H and O–H groups in total. The lowest BCUT2D eigenvalue weighted by atomic mass is 9.67. The molecule has 0 bridgehead atoms. The minimum Gasteiger partial charge on any atom is -0.481 e. The number of benzene rings is 2. The molecule has 8 nitrogen and oxygen atoms in total. The van der Waals surface area contributed by atoms with Crippen molar-refractivity contribution in [1.29, 1.82) is 0 Å². The fourth-order valence-corrected chi connectivity index (χ4v) is 7.39. The van der Waals surface area contributed by atoms with Crippen LogP contribution in [0, 0.1) is 5.41 Å². The van der Waals surface area contributed by atoms with Gasteiger partial charge < -0.3 is 10.0 Å². The third kappa shape index (κ3) is 6.82. The maximum Gasteiger partial charge on any atom is 0.304 e. The Bertz CT molecular complexity index is 1330. The number of aliphatic carboxylic acids is 1. The summed E-state index contributed by atoms with van der Waals surface area (Å²) in [6.45, 7) is 6.24.